The highest BCUT2D eigenvalue weighted by molar-refractivity contribution is 4.75. The molecule has 1 aliphatic carbocycles. The van der Waals surface area contributed by atoms with Crippen LogP contribution in [0, 0.1) is 16.0 Å². The van der Waals surface area contributed by atoms with Crippen molar-refractivity contribution in [3.63, 3.8) is 0 Å². The van der Waals surface area contributed by atoms with Gasteiger partial charge in [0.25, 0.3) is 5.09 Å². The van der Waals surface area contributed by atoms with Gasteiger partial charge < -0.3 is 4.84 Å². The first-order valence-electron chi connectivity index (χ1n) is 2.99. The summed E-state index contributed by atoms with van der Waals surface area (Å²) in [4.78, 5) is 14.0. The van der Waals surface area contributed by atoms with E-state index in [1.54, 1.807) is 0 Å². The van der Waals surface area contributed by atoms with E-state index in [2.05, 4.69) is 11.8 Å². The van der Waals surface area contributed by atoms with Crippen molar-refractivity contribution < 1.29 is 9.92 Å². The average molecular weight is 131 g/mol. The fourth-order valence-electron chi connectivity index (χ4n) is 1.04. The van der Waals surface area contributed by atoms with E-state index < -0.39 is 5.09 Å². The molecule has 0 saturated heterocycles. The van der Waals surface area contributed by atoms with Gasteiger partial charge in [0.2, 0.25) is 0 Å². The first kappa shape index (κ1) is 6.32. The van der Waals surface area contributed by atoms with Crippen molar-refractivity contribution in [3.8, 4) is 0 Å². The topological polar surface area (TPSA) is 52.4 Å². The molecule has 0 atom stereocenters. The van der Waals surface area contributed by atoms with Gasteiger partial charge in [0, 0.05) is 0 Å². The maximum absolute atomic E-state index is 9.69. The summed E-state index contributed by atoms with van der Waals surface area (Å²) in [5.74, 6) is 0.606. The lowest BCUT2D eigenvalue weighted by molar-refractivity contribution is -0.772. The summed E-state index contributed by atoms with van der Waals surface area (Å²) in [7, 11) is 0. The quantitative estimate of drug-likeness (QED) is 0.415. The summed E-state index contributed by atoms with van der Waals surface area (Å²) < 4.78 is 0. The number of rotatable bonds is 2. The zero-order chi connectivity index (χ0) is 6.85. The van der Waals surface area contributed by atoms with E-state index in [-0.39, 0.29) is 6.10 Å². The molecule has 1 saturated carbocycles. The fraction of sp³-hybridized carbons (Fsp3) is 1.00. The van der Waals surface area contributed by atoms with Crippen molar-refractivity contribution in [2.24, 2.45) is 5.92 Å². The van der Waals surface area contributed by atoms with Gasteiger partial charge in [-0.2, -0.15) is 0 Å². The van der Waals surface area contributed by atoms with Crippen molar-refractivity contribution in [1.29, 1.82) is 0 Å². The van der Waals surface area contributed by atoms with Gasteiger partial charge >= 0.3 is 0 Å². The van der Waals surface area contributed by atoms with Crippen LogP contribution in [0.15, 0.2) is 0 Å². The predicted molar refractivity (Wildman–Crippen MR) is 30.3 cm³/mol. The second-order valence-electron chi connectivity index (χ2n) is 2.53. The highest BCUT2D eigenvalue weighted by Crippen LogP contribution is 2.28. The van der Waals surface area contributed by atoms with Crippen LogP contribution in [0.5, 0.6) is 0 Å². The first-order valence-corrected chi connectivity index (χ1v) is 2.99. The molecular weight excluding hydrogens is 122 g/mol. The molecule has 1 fully saturated rings. The Morgan fingerprint density at radius 2 is 2.22 bits per heavy atom. The molecule has 0 amide bonds. The fourth-order valence-corrected chi connectivity index (χ4v) is 1.04. The van der Waals surface area contributed by atoms with E-state index in [0.717, 1.165) is 12.8 Å². The van der Waals surface area contributed by atoms with Crippen LogP contribution >= 0.6 is 0 Å². The van der Waals surface area contributed by atoms with Crippen molar-refractivity contribution in [2.45, 2.75) is 25.9 Å². The standard InChI is InChI=1S/C5H9NO3/c1-4-2-5(3-4)9-6(7)8/h4-5H,2-3H2,1H3. The van der Waals surface area contributed by atoms with E-state index in [4.69, 9.17) is 0 Å². The molecule has 9 heavy (non-hydrogen) atoms. The highest BCUT2D eigenvalue weighted by atomic mass is 17.0. The van der Waals surface area contributed by atoms with Gasteiger partial charge in [-0.05, 0) is 18.8 Å². The minimum atomic E-state index is -0.712. The lowest BCUT2D eigenvalue weighted by Crippen LogP contribution is -2.31. The van der Waals surface area contributed by atoms with Gasteiger partial charge in [0.05, 0.1) is 0 Å². The Morgan fingerprint density at radius 1 is 1.67 bits per heavy atom. The highest BCUT2D eigenvalue weighted by Gasteiger charge is 2.28. The van der Waals surface area contributed by atoms with Crippen LogP contribution in [0.1, 0.15) is 19.8 Å². The molecule has 4 nitrogen and oxygen atoms in total. The van der Waals surface area contributed by atoms with Gasteiger partial charge in [0.15, 0.2) is 0 Å². The third kappa shape index (κ3) is 1.55. The van der Waals surface area contributed by atoms with E-state index in [9.17, 15) is 10.1 Å². The monoisotopic (exact) mass is 131 g/mol. The Hall–Kier alpha value is -0.800. The van der Waals surface area contributed by atoms with Crippen LogP contribution in [0.4, 0.5) is 0 Å². The molecule has 0 aromatic carbocycles. The molecule has 0 aromatic rings. The molecule has 52 valence electrons. The number of nitrogens with zero attached hydrogens (tertiary/aromatic N) is 1. The molecule has 0 bridgehead atoms. The second kappa shape index (κ2) is 2.21. The Labute approximate surface area is 52.9 Å². The summed E-state index contributed by atoms with van der Waals surface area (Å²) in [6.45, 7) is 2.06. The SMILES string of the molecule is CC1CC(O[N+](=O)[O-])C1. The molecular formula is C5H9NO3. The average Bonchev–Trinajstić information content (AvgIpc) is 1.60. The van der Waals surface area contributed by atoms with Gasteiger partial charge in [-0.1, -0.05) is 6.92 Å². The van der Waals surface area contributed by atoms with Crippen molar-refractivity contribution in [2.75, 3.05) is 0 Å². The molecule has 0 heterocycles. The molecule has 1 rings (SSSR count). The summed E-state index contributed by atoms with van der Waals surface area (Å²) in [5.41, 5.74) is 0. The third-order valence-corrected chi connectivity index (χ3v) is 1.57. The molecule has 0 unspecified atom stereocenters. The van der Waals surface area contributed by atoms with Gasteiger partial charge in [-0.15, -0.1) is 10.1 Å². The number of hydrogen-bond donors (Lipinski definition) is 0. The minimum absolute atomic E-state index is 0.116. The zero-order valence-electron chi connectivity index (χ0n) is 5.24. The van der Waals surface area contributed by atoms with Crippen LogP contribution in [0.25, 0.3) is 0 Å². The molecule has 0 radical (unpaired) electrons. The lowest BCUT2D eigenvalue weighted by atomic mass is 9.84. The molecule has 0 spiro atoms. The minimum Gasteiger partial charge on any atom is -0.311 e. The van der Waals surface area contributed by atoms with Crippen molar-refractivity contribution in [1.82, 2.24) is 0 Å². The van der Waals surface area contributed by atoms with Crippen LogP contribution < -0.4 is 0 Å². The zero-order valence-corrected chi connectivity index (χ0v) is 5.24. The van der Waals surface area contributed by atoms with Crippen molar-refractivity contribution >= 4 is 0 Å². The van der Waals surface area contributed by atoms with Crippen molar-refractivity contribution in [3.05, 3.63) is 10.1 Å². The maximum atomic E-state index is 9.69. The molecule has 0 N–H and O–H groups in total. The van der Waals surface area contributed by atoms with Crippen LogP contribution in [-0.2, 0) is 4.84 Å². The molecule has 0 aliphatic heterocycles. The smallest absolute Gasteiger partial charge is 0.294 e. The van der Waals surface area contributed by atoms with Gasteiger partial charge in [0.1, 0.15) is 6.10 Å². The Morgan fingerprint density at radius 3 is 2.56 bits per heavy atom. The molecule has 4 heteroatoms. The van der Waals surface area contributed by atoms with E-state index in [1.807, 2.05) is 0 Å². The summed E-state index contributed by atoms with van der Waals surface area (Å²) in [6.07, 6.45) is 1.55. The van der Waals surface area contributed by atoms with Crippen LogP contribution in [-0.4, -0.2) is 11.2 Å². The number of hydrogen-bond acceptors (Lipinski definition) is 3. The van der Waals surface area contributed by atoms with E-state index in [0.29, 0.717) is 5.92 Å². The van der Waals surface area contributed by atoms with Gasteiger partial charge in [-0.3, -0.25) is 0 Å². The Balaban J connectivity index is 2.11. The summed E-state index contributed by atoms with van der Waals surface area (Å²) in [5, 5.41) is 8.98. The lowest BCUT2D eigenvalue weighted by Gasteiger charge is -2.29. The normalized spacial score (nSPS) is 33.0. The first-order chi connectivity index (χ1) is 4.18. The van der Waals surface area contributed by atoms with E-state index >= 15 is 0 Å². The molecule has 0 aromatic heterocycles. The second-order valence-corrected chi connectivity index (χ2v) is 2.53. The maximum Gasteiger partial charge on any atom is 0.294 e. The Bertz CT molecular complexity index is 119. The van der Waals surface area contributed by atoms with Crippen LogP contribution in [0.3, 0.4) is 0 Å². The molecule has 1 aliphatic rings. The summed E-state index contributed by atoms with van der Waals surface area (Å²) >= 11 is 0. The summed E-state index contributed by atoms with van der Waals surface area (Å²) in [6, 6.07) is 0. The van der Waals surface area contributed by atoms with E-state index in [1.165, 1.54) is 0 Å². The third-order valence-electron chi connectivity index (χ3n) is 1.57. The predicted octanol–water partition coefficient (Wildman–Crippen LogP) is 0.993. The van der Waals surface area contributed by atoms with Gasteiger partial charge in [-0.25, -0.2) is 0 Å². The largest absolute Gasteiger partial charge is 0.311 e. The Kier molecular flexibility index (Phi) is 1.55. The van der Waals surface area contributed by atoms with Crippen LogP contribution in [0.2, 0.25) is 0 Å².